The molecule has 96 valence electrons. The Morgan fingerprint density at radius 2 is 2.12 bits per heavy atom. The maximum Gasteiger partial charge on any atom is 0.0681 e. The van der Waals surface area contributed by atoms with Crippen LogP contribution in [0.15, 0.2) is 15.9 Å². The van der Waals surface area contributed by atoms with Gasteiger partial charge in [-0.1, -0.05) is 0 Å². The van der Waals surface area contributed by atoms with E-state index in [4.69, 9.17) is 10.5 Å². The van der Waals surface area contributed by atoms with Crippen molar-refractivity contribution in [3.05, 3.63) is 20.8 Å². The number of hydrogen-bond acceptors (Lipinski definition) is 3. The number of nitrogens with two attached hydrogens (primary N) is 1. The third-order valence-corrected chi connectivity index (χ3v) is 5.50. The molecule has 1 aromatic rings. The zero-order valence-corrected chi connectivity index (χ0v) is 13.2. The molecule has 0 bridgehead atoms. The predicted molar refractivity (Wildman–Crippen MR) is 76.3 cm³/mol. The molecule has 1 saturated heterocycles. The lowest BCUT2D eigenvalue weighted by Gasteiger charge is -2.30. The summed E-state index contributed by atoms with van der Waals surface area (Å²) in [6, 6.07) is 2.11. The predicted octanol–water partition coefficient (Wildman–Crippen LogP) is 4.10. The smallest absolute Gasteiger partial charge is 0.0681 e. The lowest BCUT2D eigenvalue weighted by atomic mass is 9.81. The van der Waals surface area contributed by atoms with Gasteiger partial charge in [0, 0.05) is 21.3 Å². The van der Waals surface area contributed by atoms with Gasteiger partial charge in [0.05, 0.1) is 11.2 Å². The Morgan fingerprint density at radius 3 is 2.53 bits per heavy atom. The van der Waals surface area contributed by atoms with Crippen LogP contribution < -0.4 is 5.73 Å². The highest BCUT2D eigenvalue weighted by Gasteiger charge is 2.48. The molecule has 17 heavy (non-hydrogen) atoms. The minimum Gasteiger partial charge on any atom is -0.369 e. The summed E-state index contributed by atoms with van der Waals surface area (Å²) in [6.45, 7) is 8.58. The molecule has 1 aliphatic heterocycles. The Bertz CT molecular complexity index is 413. The number of ether oxygens (including phenoxy) is 1. The third-order valence-electron chi connectivity index (χ3n) is 3.52. The fraction of sp³-hybridized carbons (Fsp3) is 0.692. The van der Waals surface area contributed by atoms with Crippen LogP contribution in [0.2, 0.25) is 0 Å². The molecular weight excluding hydrogens is 298 g/mol. The molecule has 0 saturated carbocycles. The van der Waals surface area contributed by atoms with Crippen LogP contribution in [0.3, 0.4) is 0 Å². The van der Waals surface area contributed by atoms with Gasteiger partial charge in [-0.15, -0.1) is 11.3 Å². The maximum absolute atomic E-state index is 6.44. The standard InChI is InChI=1S/C13H20BrNOS/c1-12(2)7-8(13(3,4)16-12)10(15)11-9(14)5-6-17-11/h5-6,8,10H,7,15H2,1-4H3. The molecule has 2 nitrogen and oxygen atoms in total. The van der Waals surface area contributed by atoms with Crippen molar-refractivity contribution in [3.8, 4) is 0 Å². The first-order valence-electron chi connectivity index (χ1n) is 5.91. The summed E-state index contributed by atoms with van der Waals surface area (Å²) >= 11 is 5.29. The van der Waals surface area contributed by atoms with Crippen LogP contribution in [0.25, 0.3) is 0 Å². The number of halogens is 1. The first-order valence-corrected chi connectivity index (χ1v) is 7.59. The Balaban J connectivity index is 2.26. The van der Waals surface area contributed by atoms with Gasteiger partial charge in [0.15, 0.2) is 0 Å². The summed E-state index contributed by atoms with van der Waals surface area (Å²) in [4.78, 5) is 1.23. The summed E-state index contributed by atoms with van der Waals surface area (Å²) in [6.07, 6.45) is 1.01. The molecule has 2 N–H and O–H groups in total. The number of hydrogen-bond donors (Lipinski definition) is 1. The largest absolute Gasteiger partial charge is 0.369 e. The summed E-state index contributed by atoms with van der Waals surface area (Å²) < 4.78 is 7.24. The van der Waals surface area contributed by atoms with Crippen molar-refractivity contribution in [2.45, 2.75) is 51.4 Å². The highest BCUT2D eigenvalue weighted by molar-refractivity contribution is 9.10. The number of thiophene rings is 1. The third kappa shape index (κ3) is 2.60. The van der Waals surface area contributed by atoms with Crippen molar-refractivity contribution in [2.24, 2.45) is 11.7 Å². The van der Waals surface area contributed by atoms with E-state index in [1.54, 1.807) is 11.3 Å². The van der Waals surface area contributed by atoms with E-state index in [9.17, 15) is 0 Å². The molecular formula is C13H20BrNOS. The molecule has 2 rings (SSSR count). The zero-order chi connectivity index (χ0) is 12.8. The van der Waals surface area contributed by atoms with E-state index in [2.05, 4.69) is 55.1 Å². The molecule has 1 aromatic heterocycles. The summed E-state index contributed by atoms with van der Waals surface area (Å²) in [7, 11) is 0. The molecule has 1 aliphatic rings. The monoisotopic (exact) mass is 317 g/mol. The lowest BCUT2D eigenvalue weighted by molar-refractivity contribution is -0.0766. The van der Waals surface area contributed by atoms with Crippen molar-refractivity contribution in [2.75, 3.05) is 0 Å². The van der Waals surface area contributed by atoms with Crippen LogP contribution in [0.1, 0.15) is 45.0 Å². The van der Waals surface area contributed by atoms with Crippen LogP contribution >= 0.6 is 27.3 Å². The molecule has 2 unspecified atom stereocenters. The van der Waals surface area contributed by atoms with Crippen molar-refractivity contribution in [1.29, 1.82) is 0 Å². The van der Waals surface area contributed by atoms with Crippen LogP contribution in [0, 0.1) is 5.92 Å². The van der Waals surface area contributed by atoms with Gasteiger partial charge in [-0.25, -0.2) is 0 Å². The van der Waals surface area contributed by atoms with E-state index in [0.717, 1.165) is 10.9 Å². The van der Waals surface area contributed by atoms with E-state index >= 15 is 0 Å². The Kier molecular flexibility index (Phi) is 3.45. The molecule has 0 aromatic carbocycles. The first-order chi connectivity index (χ1) is 7.73. The maximum atomic E-state index is 6.44. The Morgan fingerprint density at radius 1 is 1.47 bits per heavy atom. The zero-order valence-electron chi connectivity index (χ0n) is 10.8. The van der Waals surface area contributed by atoms with E-state index in [0.29, 0.717) is 5.92 Å². The molecule has 0 amide bonds. The van der Waals surface area contributed by atoms with Crippen LogP contribution in [0.4, 0.5) is 0 Å². The Hall–Kier alpha value is 0.1000. The van der Waals surface area contributed by atoms with Crippen LogP contribution in [0.5, 0.6) is 0 Å². The van der Waals surface area contributed by atoms with E-state index in [1.807, 2.05) is 0 Å². The minimum absolute atomic E-state index is 0.0427. The van der Waals surface area contributed by atoms with Gasteiger partial charge in [-0.3, -0.25) is 0 Å². The molecule has 0 aliphatic carbocycles. The summed E-state index contributed by atoms with van der Waals surface area (Å²) in [5.74, 6) is 0.354. The first kappa shape index (κ1) is 13.5. The lowest BCUT2D eigenvalue weighted by Crippen LogP contribution is -2.35. The van der Waals surface area contributed by atoms with Gasteiger partial charge in [0.25, 0.3) is 0 Å². The van der Waals surface area contributed by atoms with Crippen molar-refractivity contribution in [3.63, 3.8) is 0 Å². The topological polar surface area (TPSA) is 35.2 Å². The average molecular weight is 318 g/mol. The van der Waals surface area contributed by atoms with Crippen molar-refractivity contribution < 1.29 is 4.74 Å². The molecule has 2 atom stereocenters. The van der Waals surface area contributed by atoms with Gasteiger partial charge in [-0.2, -0.15) is 0 Å². The summed E-state index contributed by atoms with van der Waals surface area (Å²) in [5.41, 5.74) is 6.21. The fourth-order valence-corrected chi connectivity index (χ4v) is 4.59. The second-order valence-electron chi connectivity index (χ2n) is 5.93. The molecule has 4 heteroatoms. The SMILES string of the molecule is CC1(C)CC(C(N)c2sccc2Br)C(C)(C)O1. The highest BCUT2D eigenvalue weighted by atomic mass is 79.9. The van der Waals surface area contributed by atoms with Crippen molar-refractivity contribution >= 4 is 27.3 Å². The van der Waals surface area contributed by atoms with Gasteiger partial charge in [0.2, 0.25) is 0 Å². The number of rotatable bonds is 2. The average Bonchev–Trinajstić information content (AvgIpc) is 2.66. The minimum atomic E-state index is -0.160. The second kappa shape index (κ2) is 4.34. The van der Waals surface area contributed by atoms with E-state index in [1.165, 1.54) is 4.88 Å². The van der Waals surface area contributed by atoms with Gasteiger partial charge in [0.1, 0.15) is 0 Å². The summed E-state index contributed by atoms with van der Waals surface area (Å²) in [5, 5.41) is 2.08. The quantitative estimate of drug-likeness (QED) is 0.891. The van der Waals surface area contributed by atoms with E-state index in [-0.39, 0.29) is 17.2 Å². The molecule has 1 fully saturated rings. The highest BCUT2D eigenvalue weighted by Crippen LogP contribution is 2.48. The van der Waals surface area contributed by atoms with Gasteiger partial charge >= 0.3 is 0 Å². The fourth-order valence-electron chi connectivity index (χ4n) is 2.89. The molecule has 2 heterocycles. The second-order valence-corrected chi connectivity index (χ2v) is 7.74. The van der Waals surface area contributed by atoms with Crippen LogP contribution in [-0.4, -0.2) is 11.2 Å². The van der Waals surface area contributed by atoms with Gasteiger partial charge in [-0.05, 0) is 61.5 Å². The van der Waals surface area contributed by atoms with Crippen LogP contribution in [-0.2, 0) is 4.74 Å². The Labute approximate surface area is 116 Å². The van der Waals surface area contributed by atoms with Gasteiger partial charge < -0.3 is 10.5 Å². The molecule has 0 spiro atoms. The normalized spacial score (nSPS) is 28.2. The molecule has 0 radical (unpaired) electrons. The van der Waals surface area contributed by atoms with E-state index < -0.39 is 0 Å². The van der Waals surface area contributed by atoms with Crippen molar-refractivity contribution in [1.82, 2.24) is 0 Å².